The minimum absolute atomic E-state index is 0.0166. The molecule has 0 saturated carbocycles. The van der Waals surface area contributed by atoms with Gasteiger partial charge in [0.2, 0.25) is 29.1 Å². The summed E-state index contributed by atoms with van der Waals surface area (Å²) in [5, 5.41) is 102. The number of imidazole rings is 1. The molecule has 10 aromatic heterocycles. The molecule has 21 atom stereocenters. The minimum Gasteiger partial charge on any atom is -0.424 e. The van der Waals surface area contributed by atoms with E-state index in [9.17, 15) is 73.9 Å². The second-order valence-electron chi connectivity index (χ2n) is 35.0. The van der Waals surface area contributed by atoms with Crippen LogP contribution < -0.4 is 59.3 Å². The maximum atomic E-state index is 13.7. The molecule has 5 aliphatic heterocycles. The predicted molar refractivity (Wildman–Crippen MR) is 558 cm³/mol. The highest BCUT2D eigenvalue weighted by Gasteiger charge is 2.68. The molecule has 5 saturated heterocycles. The van der Waals surface area contributed by atoms with Crippen LogP contribution in [-0.4, -0.2) is 264 Å². The number of ether oxygens (including phenoxy) is 5. The Morgan fingerprint density at radius 1 is 0.453 bits per heavy atom. The van der Waals surface area contributed by atoms with Crippen molar-refractivity contribution in [2.75, 3.05) is 91.7 Å². The molecule has 0 spiro atoms. The monoisotopic (exact) mass is 2420 g/mol. The Balaban J connectivity index is 0.000000151. The van der Waals surface area contributed by atoms with Crippen molar-refractivity contribution >= 4 is 234 Å². The number of halogens is 10. The van der Waals surface area contributed by atoms with Gasteiger partial charge in [0.15, 0.2) is 43.8 Å². The zero-order valence-corrected chi connectivity index (χ0v) is 91.2. The molecule has 806 valence electrons. The van der Waals surface area contributed by atoms with Crippen molar-refractivity contribution in [1.82, 2.24) is 78.0 Å². The number of ketones is 3. The van der Waals surface area contributed by atoms with E-state index in [-0.39, 0.29) is 108 Å². The number of para-hydroxylation sites is 3. The summed E-state index contributed by atoms with van der Waals surface area (Å²) in [5.74, 6) is -0.920. The molecule has 18 rings (SSSR count). The Labute approximate surface area is 907 Å². The van der Waals surface area contributed by atoms with Crippen LogP contribution in [0.5, 0.6) is 17.2 Å². The quantitative estimate of drug-likeness (QED) is 0.0142. The van der Waals surface area contributed by atoms with E-state index in [4.69, 9.17) is 184 Å². The molecule has 5 fully saturated rings. The summed E-state index contributed by atoms with van der Waals surface area (Å²) >= 11 is 57.5. The number of fused-ring (bicyclic) bond motifs is 5. The summed E-state index contributed by atoms with van der Waals surface area (Å²) in [6, 6.07) is 40.5. The van der Waals surface area contributed by atoms with Gasteiger partial charge in [0.05, 0.1) is 80.5 Å². The fourth-order valence-corrected chi connectivity index (χ4v) is 25.9. The summed E-state index contributed by atoms with van der Waals surface area (Å²) in [6.07, 6.45) is -12.6. The number of nitrogens with two attached hydrogens (primary N) is 7. The maximum absolute atomic E-state index is 13.7. The maximum Gasteiger partial charge on any atom is 0.379 e. The molecular formula is C88H99Br2Cl8N24O25P3. The third kappa shape index (κ3) is 24.2. The summed E-state index contributed by atoms with van der Waals surface area (Å²) in [4.78, 5) is 69.7. The third-order valence-electron chi connectivity index (χ3n) is 24.5. The van der Waals surface area contributed by atoms with Crippen LogP contribution >= 0.6 is 147 Å². The number of Topliss-reactive ketones (excluding diaryl/α,β-unsaturated/α-hetero) is 3. The van der Waals surface area contributed by atoms with Crippen LogP contribution in [0.15, 0.2) is 163 Å². The third-order valence-corrected chi connectivity index (χ3v) is 36.0. The summed E-state index contributed by atoms with van der Waals surface area (Å²) in [5.41, 5.74) is 41.3. The Morgan fingerprint density at radius 2 is 0.767 bits per heavy atom. The molecule has 3 aromatic carbocycles. The molecular weight excluding hydrogens is 2330 g/mol. The number of rotatable bonds is 31. The molecule has 22 N–H and O–H groups in total. The van der Waals surface area contributed by atoms with Crippen LogP contribution in [0.4, 0.5) is 41.1 Å². The van der Waals surface area contributed by atoms with Gasteiger partial charge in [-0.15, -0.1) is 15.3 Å². The second-order valence-corrected chi connectivity index (χ2v) is 50.5. The molecule has 49 nitrogen and oxygen atoms in total. The van der Waals surface area contributed by atoms with Crippen molar-refractivity contribution in [3.8, 4) is 23.3 Å². The fraction of sp³-hybridized carbons (Fsp3) is 0.420. The first-order valence-electron chi connectivity index (χ1n) is 45.0. The van der Waals surface area contributed by atoms with Crippen LogP contribution in [-0.2, 0) is 70.9 Å². The van der Waals surface area contributed by atoms with E-state index in [2.05, 4.69) is 87.3 Å². The van der Waals surface area contributed by atoms with Gasteiger partial charge in [-0.25, -0.2) is 51.2 Å². The predicted octanol–water partition coefficient (Wildman–Crippen LogP) is 9.80. The van der Waals surface area contributed by atoms with E-state index in [1.54, 1.807) is 160 Å². The number of aliphatic hydroxyl groups is 7. The lowest BCUT2D eigenvalue weighted by Crippen LogP contribution is -2.45. The molecule has 0 bridgehead atoms. The standard InChI is InChI=1S/C22H23Br2N6O7P.C22H26Cl2N5O6P.C22H25Cl2N4O6P.C11H13Cl2N5O3.C11H12Cl2N4O3/c1-12(13(2)31)10-38(34,37-14-6-4-3-5-7-14)35-9-15-17(32)22(23,24)21(11-25,36-15)16-8-27-18-19(33)28-20(26)29-30(16)18;1-12(13(2)30)11-36(32,35-14-6-4-3-5-7-14)33-10-17-18(31)22(23,24)19(34-17)15-8-9-16-20(25)27-21(26)28-29(15)16;1-13(14(2)29)11-35(31,34-15-6-4-3-5-7-15)32-10-18-19(30)22(23,24)20(33-18)16-8-9-17-21(25)26-12-27-28(16)17;12-11(13)7(20)6(3-19)21-8(11)4-1-2-5-9(14)16-10(15)17-18(4)5;12-11(13)8(19)7(3-18)20-9(11)5-1-2-6-10(14)15-4-16-17(5)6/h3-8,12,15,17,32H,9-10H2,1-2H3,(H3,26,28,29,33);3-9,12,17-19,31H,10-11H2,1-2H3,(H4,25,26,27,28);3-9,12-13,18-20,30H,10-11H2,1-2H3,(H2,25,26,27);1-2,6-8,19-20H,3H2,(H4,14,15,16,17);1-2,4,7-9,18-19H,3H2,(H2,14,15,16)/t12-,15-,17+,21+,38?;12-,17-,18+,19+,36?;13-,18-,19+,20+,35?;6-,7+,8+;7-,8+,9+/m11111/s1. The molecule has 5 aliphatic rings. The zero-order valence-electron chi connectivity index (χ0n) is 79.3. The Bertz CT molecular complexity index is 7340. The average Bonchev–Trinajstić information content (AvgIpc) is 1.55. The lowest BCUT2D eigenvalue weighted by Gasteiger charge is -2.30. The van der Waals surface area contributed by atoms with E-state index in [0.29, 0.717) is 62.2 Å². The van der Waals surface area contributed by atoms with Gasteiger partial charge >= 0.3 is 22.8 Å². The first kappa shape index (κ1) is 116. The second kappa shape index (κ2) is 46.6. The number of hydrogen-bond donors (Lipinski definition) is 15. The molecule has 62 heteroatoms. The molecule has 13 aromatic rings. The fourth-order valence-electron chi connectivity index (χ4n) is 16.1. The number of H-pyrrole nitrogens is 1. The number of aliphatic hydroxyl groups excluding tert-OH is 7. The number of carbonyl (C=O) groups is 3. The average molecular weight is 2430 g/mol. The number of nitriles is 1. The van der Waals surface area contributed by atoms with Crippen LogP contribution in [0.2, 0.25) is 0 Å². The van der Waals surface area contributed by atoms with E-state index in [1.807, 2.05) is 6.07 Å². The summed E-state index contributed by atoms with van der Waals surface area (Å²) < 4.78 is 103. The lowest BCUT2D eigenvalue weighted by molar-refractivity contribution is -0.120. The van der Waals surface area contributed by atoms with Crippen molar-refractivity contribution in [3.05, 3.63) is 197 Å². The smallest absolute Gasteiger partial charge is 0.379 e. The first-order valence-corrected chi connectivity index (χ1v) is 54.8. The highest BCUT2D eigenvalue weighted by atomic mass is 79.9. The summed E-state index contributed by atoms with van der Waals surface area (Å²) in [7, 11) is -11.7. The van der Waals surface area contributed by atoms with E-state index in [1.165, 1.54) is 57.7 Å². The number of alkyl halides is 10. The normalized spacial score (nSPS) is 25.5. The molecule has 3 unspecified atom stereocenters. The van der Waals surface area contributed by atoms with Crippen molar-refractivity contribution in [3.63, 3.8) is 0 Å². The van der Waals surface area contributed by atoms with E-state index < -0.39 is 171 Å². The number of hydrogen-bond acceptors (Lipinski definition) is 43. The van der Waals surface area contributed by atoms with Crippen molar-refractivity contribution in [2.24, 2.45) is 17.8 Å². The van der Waals surface area contributed by atoms with Gasteiger partial charge in [0.25, 0.3) is 5.56 Å². The molecule has 0 radical (unpaired) electrons. The Kier molecular flexibility index (Phi) is 36.0. The van der Waals surface area contributed by atoms with Gasteiger partial charge in [-0.2, -0.15) is 25.4 Å². The molecule has 0 amide bonds. The Morgan fingerprint density at radius 3 is 1.09 bits per heavy atom. The first-order chi connectivity index (χ1) is 70.6. The number of aromatic amines is 1. The van der Waals surface area contributed by atoms with Gasteiger partial charge in [0.1, 0.15) is 167 Å². The van der Waals surface area contributed by atoms with Crippen molar-refractivity contribution < 1.29 is 115 Å². The van der Waals surface area contributed by atoms with Gasteiger partial charge in [-0.05, 0) is 106 Å². The highest BCUT2D eigenvalue weighted by Crippen LogP contribution is 2.61. The van der Waals surface area contributed by atoms with Gasteiger partial charge in [0, 0.05) is 17.8 Å². The number of aromatic nitrogens is 16. The van der Waals surface area contributed by atoms with Crippen LogP contribution in [0.25, 0.3) is 27.7 Å². The number of nitrogens with zero attached hydrogens (tertiary/aromatic N) is 16. The number of nitrogen functional groups attached to an aromatic ring is 7. The topological polar surface area (TPSA) is 735 Å². The largest absolute Gasteiger partial charge is 0.424 e. The lowest BCUT2D eigenvalue weighted by atomic mass is 9.96. The van der Waals surface area contributed by atoms with Gasteiger partial charge in [-0.3, -0.25) is 37.7 Å². The minimum atomic E-state index is -3.95. The van der Waals surface area contributed by atoms with Crippen LogP contribution in [0, 0.1) is 29.1 Å². The van der Waals surface area contributed by atoms with E-state index >= 15 is 0 Å². The van der Waals surface area contributed by atoms with Crippen LogP contribution in [0.1, 0.15) is 94.4 Å². The number of anilines is 7. The SMILES string of the molecule is CC(=O)[C@H](C)CP(=O)(OC[C@H]1O[C@@H](c2ccc3c(N)nc(N)nn23)C(Cl)(Cl)[C@H]1O)Oc1ccccc1.CC(=O)[C@H](C)CP(=O)(OC[C@H]1O[C@@H](c2ccc3c(N)ncnn23)C(Cl)(Cl)[C@H]1O)Oc1ccccc1.CC(=O)[C@H](C)CP(=O)(OC[C@H]1O[C@@](C#N)(c2cnc3c(=O)[nH]c(N)nn23)C(Br)(Br)[C@H]1O)Oc1ccccc1.Nc1nc(N)c2ccc([C@@H]3O[C@H](CO)[C@H](O)C3(Cl)Cl)n2n1.Nc1ncnn2c([C@@H]3O[C@H](CO)[C@H](O)C3(Cl)Cl)ccc12. The van der Waals surface area contributed by atoms with Crippen molar-refractivity contribution in [2.45, 2.75) is 153 Å². The number of benzene rings is 3. The van der Waals surface area contributed by atoms with Gasteiger partial charge < -0.3 is 113 Å². The molecule has 15 heterocycles. The zero-order chi connectivity index (χ0) is 109. The molecule has 150 heavy (non-hydrogen) atoms. The van der Waals surface area contributed by atoms with Crippen molar-refractivity contribution in [1.29, 1.82) is 5.26 Å². The Hall–Kier alpha value is -9.64. The number of nitrogens with one attached hydrogen (secondary N) is 1. The van der Waals surface area contributed by atoms with Crippen LogP contribution in [0.3, 0.4) is 0 Å². The number of carbonyl (C=O) groups excluding carboxylic acids is 3. The highest BCUT2D eigenvalue weighted by molar-refractivity contribution is 9.25. The van der Waals surface area contributed by atoms with Gasteiger partial charge in [-0.1, -0.05) is 200 Å². The molecule has 0 aliphatic carbocycles. The summed E-state index contributed by atoms with van der Waals surface area (Å²) in [6.45, 7) is 7.01. The van der Waals surface area contributed by atoms with E-state index in [0.717, 1.165) is 4.52 Å².